The Labute approximate surface area is 173 Å². The van der Waals surface area contributed by atoms with Crippen molar-refractivity contribution < 1.29 is 18.0 Å². The van der Waals surface area contributed by atoms with Gasteiger partial charge in [0.2, 0.25) is 5.91 Å². The highest BCUT2D eigenvalue weighted by Gasteiger charge is 2.34. The predicted molar refractivity (Wildman–Crippen MR) is 109 cm³/mol. The fourth-order valence-corrected chi connectivity index (χ4v) is 4.01. The summed E-state index contributed by atoms with van der Waals surface area (Å²) in [5.41, 5.74) is -0.138. The van der Waals surface area contributed by atoms with Gasteiger partial charge in [-0.3, -0.25) is 10.1 Å². The number of hydrogen-bond acceptors (Lipinski definition) is 2. The van der Waals surface area contributed by atoms with Crippen LogP contribution in [-0.2, 0) is 11.0 Å². The van der Waals surface area contributed by atoms with Gasteiger partial charge in [-0.25, -0.2) is 0 Å². The summed E-state index contributed by atoms with van der Waals surface area (Å²) in [5.74, 6) is 0.0274. The van der Waals surface area contributed by atoms with Crippen molar-refractivity contribution in [3.05, 3.63) is 64.7 Å². The quantitative estimate of drug-likeness (QED) is 0.599. The van der Waals surface area contributed by atoms with Gasteiger partial charge in [-0.15, -0.1) is 0 Å². The van der Waals surface area contributed by atoms with Crippen molar-refractivity contribution >= 4 is 23.2 Å². The minimum Gasteiger partial charge on any atom is -0.324 e. The van der Waals surface area contributed by atoms with Crippen molar-refractivity contribution in [3.63, 3.8) is 0 Å². The Morgan fingerprint density at radius 1 is 1.10 bits per heavy atom. The lowest BCUT2D eigenvalue weighted by Crippen LogP contribution is -2.44. The Hall–Kier alpha value is -2.05. The molecular formula is C22H24ClF3N2O. The average molecular weight is 425 g/mol. The lowest BCUT2D eigenvalue weighted by molar-refractivity contribution is -0.137. The summed E-state index contributed by atoms with van der Waals surface area (Å²) in [6.07, 6.45) is -0.264. The summed E-state index contributed by atoms with van der Waals surface area (Å²) in [7, 11) is 0. The molecule has 0 heterocycles. The molecule has 0 spiro atoms. The smallest absolute Gasteiger partial charge is 0.324 e. The lowest BCUT2D eigenvalue weighted by Gasteiger charge is -2.33. The number of hydrogen-bond donors (Lipinski definition) is 2. The fraction of sp³-hybridized carbons (Fsp3) is 0.409. The van der Waals surface area contributed by atoms with Crippen LogP contribution < -0.4 is 10.6 Å². The van der Waals surface area contributed by atoms with Crippen molar-refractivity contribution in [2.45, 2.75) is 50.9 Å². The highest BCUT2D eigenvalue weighted by Crippen LogP contribution is 2.36. The Kier molecular flexibility index (Phi) is 6.85. The number of carbonyl (C=O) groups excluding carboxylic acids is 1. The van der Waals surface area contributed by atoms with E-state index >= 15 is 0 Å². The summed E-state index contributed by atoms with van der Waals surface area (Å²) < 4.78 is 39.4. The molecule has 3 atom stereocenters. The van der Waals surface area contributed by atoms with Crippen LogP contribution in [0.15, 0.2) is 48.5 Å². The second-order valence-corrected chi connectivity index (χ2v) is 7.97. The zero-order valence-corrected chi connectivity index (χ0v) is 16.9. The first kappa shape index (κ1) is 21.7. The van der Waals surface area contributed by atoms with Gasteiger partial charge in [0.25, 0.3) is 0 Å². The van der Waals surface area contributed by atoms with Gasteiger partial charge in [0.15, 0.2) is 0 Å². The number of carbonyl (C=O) groups is 1. The van der Waals surface area contributed by atoms with Crippen LogP contribution in [0.5, 0.6) is 0 Å². The van der Waals surface area contributed by atoms with E-state index in [1.165, 1.54) is 12.5 Å². The van der Waals surface area contributed by atoms with Crippen LogP contribution in [0.25, 0.3) is 0 Å². The molecule has 0 bridgehead atoms. The van der Waals surface area contributed by atoms with Crippen LogP contribution in [0, 0.1) is 5.92 Å². The van der Waals surface area contributed by atoms with Gasteiger partial charge in [0.05, 0.1) is 10.6 Å². The zero-order chi connectivity index (χ0) is 21.0. The van der Waals surface area contributed by atoms with Gasteiger partial charge < -0.3 is 5.32 Å². The van der Waals surface area contributed by atoms with E-state index in [9.17, 15) is 18.0 Å². The summed E-state index contributed by atoms with van der Waals surface area (Å²) in [6, 6.07) is 12.1. The van der Waals surface area contributed by atoms with Crippen molar-refractivity contribution in [2.24, 2.45) is 5.92 Å². The molecule has 0 radical (unpaired) electrons. The van der Waals surface area contributed by atoms with Crippen LogP contribution in [0.1, 0.15) is 49.8 Å². The number of anilines is 1. The molecule has 0 aromatic heterocycles. The number of alkyl halides is 3. The van der Waals surface area contributed by atoms with Crippen LogP contribution in [-0.4, -0.2) is 11.9 Å². The van der Waals surface area contributed by atoms with E-state index < -0.39 is 28.7 Å². The fourth-order valence-electron chi connectivity index (χ4n) is 3.78. The van der Waals surface area contributed by atoms with Crippen LogP contribution >= 0.6 is 11.6 Å². The number of nitrogens with one attached hydrogen (secondary N) is 2. The maximum Gasteiger partial charge on any atom is 0.417 e. The van der Waals surface area contributed by atoms with Gasteiger partial charge in [-0.1, -0.05) is 61.7 Å². The molecular weight excluding hydrogens is 401 g/mol. The van der Waals surface area contributed by atoms with E-state index in [0.717, 1.165) is 37.0 Å². The molecule has 7 heteroatoms. The molecule has 2 aromatic rings. The van der Waals surface area contributed by atoms with Gasteiger partial charge in [0.1, 0.15) is 6.04 Å². The summed E-state index contributed by atoms with van der Waals surface area (Å²) >= 11 is 5.68. The maximum absolute atomic E-state index is 13.1. The molecule has 3 nitrogen and oxygen atoms in total. The Bertz CT molecular complexity index is 842. The zero-order valence-electron chi connectivity index (χ0n) is 16.1. The van der Waals surface area contributed by atoms with Gasteiger partial charge in [-0.2, -0.15) is 13.2 Å². The van der Waals surface area contributed by atoms with Crippen molar-refractivity contribution in [3.8, 4) is 0 Å². The van der Waals surface area contributed by atoms with Crippen LogP contribution in [0.4, 0.5) is 18.9 Å². The monoisotopic (exact) mass is 424 g/mol. The van der Waals surface area contributed by atoms with Crippen molar-refractivity contribution in [1.29, 1.82) is 0 Å². The third-order valence-electron chi connectivity index (χ3n) is 5.43. The number of halogens is 4. The summed E-state index contributed by atoms with van der Waals surface area (Å²) in [6.45, 7) is 2.16. The molecule has 29 heavy (non-hydrogen) atoms. The van der Waals surface area contributed by atoms with Crippen molar-refractivity contribution in [1.82, 2.24) is 5.32 Å². The first-order valence-electron chi connectivity index (χ1n) is 9.74. The Morgan fingerprint density at radius 2 is 1.79 bits per heavy atom. The highest BCUT2D eigenvalue weighted by molar-refractivity contribution is 6.31. The molecule has 1 aliphatic carbocycles. The Balaban J connectivity index is 1.83. The second-order valence-electron chi connectivity index (χ2n) is 7.56. The van der Waals surface area contributed by atoms with Gasteiger partial charge >= 0.3 is 6.18 Å². The molecule has 3 rings (SSSR count). The minimum atomic E-state index is -4.59. The van der Waals surface area contributed by atoms with E-state index in [1.54, 1.807) is 0 Å². The molecule has 156 valence electrons. The molecule has 2 N–H and O–H groups in total. The first-order chi connectivity index (χ1) is 13.8. The van der Waals surface area contributed by atoms with Crippen molar-refractivity contribution in [2.75, 3.05) is 5.32 Å². The predicted octanol–water partition coefficient (Wildman–Crippen LogP) is 6.21. The van der Waals surface area contributed by atoms with Crippen LogP contribution in [0.3, 0.4) is 0 Å². The third-order valence-corrected chi connectivity index (χ3v) is 5.76. The van der Waals surface area contributed by atoms with Gasteiger partial charge in [0, 0.05) is 11.7 Å². The van der Waals surface area contributed by atoms with E-state index in [2.05, 4.69) is 17.6 Å². The normalized spacial score (nSPS) is 20.9. The molecule has 2 aromatic carbocycles. The minimum absolute atomic E-state index is 0.0612. The van der Waals surface area contributed by atoms with Gasteiger partial charge in [-0.05, 0) is 42.5 Å². The summed E-state index contributed by atoms with van der Waals surface area (Å²) in [5, 5.41) is 5.66. The maximum atomic E-state index is 13.1. The molecule has 0 aliphatic heterocycles. The average Bonchev–Trinajstić information content (AvgIpc) is 2.68. The lowest BCUT2D eigenvalue weighted by atomic mass is 9.85. The molecule has 0 saturated heterocycles. The van der Waals surface area contributed by atoms with E-state index in [4.69, 9.17) is 11.6 Å². The second kappa shape index (κ2) is 9.18. The molecule has 0 unspecified atom stereocenters. The molecule has 1 amide bonds. The Morgan fingerprint density at radius 3 is 2.45 bits per heavy atom. The largest absolute Gasteiger partial charge is 0.417 e. The first-order valence-corrected chi connectivity index (χ1v) is 10.1. The highest BCUT2D eigenvalue weighted by atomic mass is 35.5. The topological polar surface area (TPSA) is 41.1 Å². The standard InChI is InChI=1S/C22H24ClF3N2O/c1-14-7-5-6-10-19(14)28-20(15-8-3-2-4-9-15)21(29)27-16-11-12-18(23)17(13-16)22(24,25)26/h2-4,8-9,11-14,19-20,28H,5-7,10H2,1H3,(H,27,29)/t14-,19+,20+/m1/s1. The van der Waals surface area contributed by atoms with Crippen LogP contribution in [0.2, 0.25) is 5.02 Å². The number of rotatable bonds is 5. The summed E-state index contributed by atoms with van der Waals surface area (Å²) in [4.78, 5) is 13.1. The van der Waals surface area contributed by atoms with E-state index in [0.29, 0.717) is 5.92 Å². The molecule has 1 aliphatic rings. The molecule has 1 fully saturated rings. The number of amides is 1. The SMILES string of the molecule is C[C@@H]1CCCC[C@@H]1N[C@H](C(=O)Nc1ccc(Cl)c(C(F)(F)F)c1)c1ccccc1. The van der Waals surface area contributed by atoms with E-state index in [1.807, 2.05) is 30.3 Å². The van der Waals surface area contributed by atoms with E-state index in [-0.39, 0.29) is 11.7 Å². The number of benzene rings is 2. The third kappa shape index (κ3) is 5.52. The molecule has 1 saturated carbocycles.